The summed E-state index contributed by atoms with van der Waals surface area (Å²) < 4.78 is 8.12. The number of ether oxygens (including phenoxy) is 1. The first-order valence-corrected chi connectivity index (χ1v) is 8.84. The Morgan fingerprint density at radius 1 is 1.38 bits per heavy atom. The first-order chi connectivity index (χ1) is 11.7. The molecule has 0 bridgehead atoms. The van der Waals surface area contributed by atoms with Crippen molar-refractivity contribution in [2.75, 3.05) is 20.2 Å². The number of methoxy groups -OCH3 is 1. The number of guanidine groups is 1. The molecule has 0 unspecified atom stereocenters. The van der Waals surface area contributed by atoms with E-state index in [1.807, 2.05) is 35.1 Å². The Kier molecular flexibility index (Phi) is 7.61. The predicted molar refractivity (Wildman–Crippen MR) is 100 cm³/mol. The summed E-state index contributed by atoms with van der Waals surface area (Å²) in [7, 11) is 1.66. The molecule has 1 aromatic carbocycles. The van der Waals surface area contributed by atoms with Crippen LogP contribution >= 0.6 is 15.9 Å². The predicted octanol–water partition coefficient (Wildman–Crippen LogP) is 2.80. The van der Waals surface area contributed by atoms with Crippen molar-refractivity contribution < 1.29 is 4.74 Å². The molecule has 0 saturated heterocycles. The number of nitrogens with zero attached hydrogens (tertiary/aromatic N) is 3. The molecule has 0 atom stereocenters. The number of benzene rings is 1. The van der Waals surface area contributed by atoms with E-state index in [0.29, 0.717) is 6.54 Å². The van der Waals surface area contributed by atoms with Crippen molar-refractivity contribution >= 4 is 21.9 Å². The van der Waals surface area contributed by atoms with Crippen LogP contribution in [-0.4, -0.2) is 35.9 Å². The van der Waals surface area contributed by atoms with Crippen molar-refractivity contribution in [2.45, 2.75) is 26.4 Å². The number of aromatic nitrogens is 2. The monoisotopic (exact) mass is 393 g/mol. The molecule has 7 heteroatoms. The third-order valence-electron chi connectivity index (χ3n) is 3.40. The maximum absolute atomic E-state index is 5.25. The fourth-order valence-electron chi connectivity index (χ4n) is 2.20. The minimum absolute atomic E-state index is 0.608. The maximum Gasteiger partial charge on any atom is 0.191 e. The molecule has 130 valence electrons. The molecule has 1 aromatic heterocycles. The van der Waals surface area contributed by atoms with E-state index in [4.69, 9.17) is 4.74 Å². The molecule has 0 aliphatic rings. The molecule has 0 radical (unpaired) electrons. The van der Waals surface area contributed by atoms with Crippen molar-refractivity contribution in [3.05, 3.63) is 46.7 Å². The fourth-order valence-corrected chi connectivity index (χ4v) is 2.79. The van der Waals surface area contributed by atoms with Gasteiger partial charge in [0.15, 0.2) is 5.96 Å². The summed E-state index contributed by atoms with van der Waals surface area (Å²) in [5, 5.41) is 10.8. The summed E-state index contributed by atoms with van der Waals surface area (Å²) in [6.45, 7) is 5.24. The average Bonchev–Trinajstić information content (AvgIpc) is 3.10. The van der Waals surface area contributed by atoms with Crippen molar-refractivity contribution in [1.29, 1.82) is 0 Å². The van der Waals surface area contributed by atoms with Crippen molar-refractivity contribution in [1.82, 2.24) is 20.4 Å². The number of aryl methyl sites for hydroxylation is 1. The Balaban J connectivity index is 1.84. The molecule has 0 amide bonds. The third-order valence-corrected chi connectivity index (χ3v) is 4.02. The number of halogens is 1. The van der Waals surface area contributed by atoms with Crippen LogP contribution in [0.5, 0.6) is 5.75 Å². The van der Waals surface area contributed by atoms with E-state index in [9.17, 15) is 0 Å². The smallest absolute Gasteiger partial charge is 0.191 e. The molecule has 0 aliphatic carbocycles. The van der Waals surface area contributed by atoms with Gasteiger partial charge in [0, 0.05) is 32.0 Å². The van der Waals surface area contributed by atoms with Gasteiger partial charge in [-0.05, 0) is 53.0 Å². The van der Waals surface area contributed by atoms with E-state index in [-0.39, 0.29) is 0 Å². The molecule has 24 heavy (non-hydrogen) atoms. The van der Waals surface area contributed by atoms with Crippen molar-refractivity contribution in [2.24, 2.45) is 4.99 Å². The lowest BCUT2D eigenvalue weighted by Gasteiger charge is -2.11. The molecular weight excluding hydrogens is 370 g/mol. The van der Waals surface area contributed by atoms with Crippen LogP contribution in [0.2, 0.25) is 0 Å². The highest BCUT2D eigenvalue weighted by molar-refractivity contribution is 9.10. The second-order valence-electron chi connectivity index (χ2n) is 5.21. The van der Waals surface area contributed by atoms with E-state index in [0.717, 1.165) is 47.8 Å². The van der Waals surface area contributed by atoms with Crippen LogP contribution < -0.4 is 15.4 Å². The average molecular weight is 394 g/mol. The Morgan fingerprint density at radius 2 is 2.25 bits per heavy atom. The second-order valence-corrected chi connectivity index (χ2v) is 6.07. The SMILES string of the molecule is CCNC(=NCc1ccc(OC)c(Br)c1)NCCCn1cccn1. The molecule has 2 N–H and O–H groups in total. The summed E-state index contributed by atoms with van der Waals surface area (Å²) in [6.07, 6.45) is 4.76. The van der Waals surface area contributed by atoms with Gasteiger partial charge in [0.1, 0.15) is 5.75 Å². The number of aliphatic imine (C=N–C) groups is 1. The Bertz CT molecular complexity index is 642. The van der Waals surface area contributed by atoms with Crippen LogP contribution in [0, 0.1) is 0 Å². The van der Waals surface area contributed by atoms with E-state index < -0.39 is 0 Å². The largest absolute Gasteiger partial charge is 0.496 e. The molecule has 0 fully saturated rings. The van der Waals surface area contributed by atoms with Crippen LogP contribution in [0.25, 0.3) is 0 Å². The number of rotatable bonds is 8. The van der Waals surface area contributed by atoms with Crippen LogP contribution in [-0.2, 0) is 13.1 Å². The minimum atomic E-state index is 0.608. The van der Waals surface area contributed by atoms with Gasteiger partial charge in [-0.15, -0.1) is 0 Å². The van der Waals surface area contributed by atoms with Gasteiger partial charge in [0.2, 0.25) is 0 Å². The standard InChI is InChI=1S/C17H24BrN5O/c1-3-19-17(20-8-4-10-23-11-5-9-22-23)21-13-14-6-7-16(24-2)15(18)12-14/h5-7,9,11-12H,3-4,8,10,13H2,1-2H3,(H2,19,20,21). The van der Waals surface area contributed by atoms with Gasteiger partial charge in [0.05, 0.1) is 18.1 Å². The zero-order valence-electron chi connectivity index (χ0n) is 14.1. The second kappa shape index (κ2) is 9.97. The first-order valence-electron chi connectivity index (χ1n) is 8.05. The summed E-state index contributed by atoms with van der Waals surface area (Å²) in [4.78, 5) is 4.63. The van der Waals surface area contributed by atoms with Crippen molar-refractivity contribution in [3.8, 4) is 5.75 Å². The summed E-state index contributed by atoms with van der Waals surface area (Å²) >= 11 is 3.50. The highest BCUT2D eigenvalue weighted by Crippen LogP contribution is 2.25. The Labute approximate surface area is 151 Å². The van der Waals surface area contributed by atoms with Crippen molar-refractivity contribution in [3.63, 3.8) is 0 Å². The molecule has 0 saturated carbocycles. The summed E-state index contributed by atoms with van der Waals surface area (Å²) in [6, 6.07) is 7.93. The zero-order valence-corrected chi connectivity index (χ0v) is 15.7. The quantitative estimate of drug-likeness (QED) is 0.411. The third kappa shape index (κ3) is 5.88. The lowest BCUT2D eigenvalue weighted by atomic mass is 10.2. The van der Waals surface area contributed by atoms with Gasteiger partial charge in [-0.2, -0.15) is 5.10 Å². The van der Waals surface area contributed by atoms with Crippen LogP contribution in [0.3, 0.4) is 0 Å². The van der Waals surface area contributed by atoms with Crippen LogP contribution in [0.1, 0.15) is 18.9 Å². The maximum atomic E-state index is 5.25. The van der Waals surface area contributed by atoms with E-state index >= 15 is 0 Å². The van der Waals surface area contributed by atoms with Crippen LogP contribution in [0.4, 0.5) is 0 Å². The van der Waals surface area contributed by atoms with Gasteiger partial charge >= 0.3 is 0 Å². The highest BCUT2D eigenvalue weighted by atomic mass is 79.9. The molecule has 2 rings (SSSR count). The van der Waals surface area contributed by atoms with E-state index in [2.05, 4.69) is 43.6 Å². The Hall–Kier alpha value is -2.02. The highest BCUT2D eigenvalue weighted by Gasteiger charge is 2.02. The first kappa shape index (κ1) is 18.3. The normalized spacial score (nSPS) is 11.4. The van der Waals surface area contributed by atoms with Gasteiger partial charge in [-0.3, -0.25) is 4.68 Å². The van der Waals surface area contributed by atoms with E-state index in [1.165, 1.54) is 0 Å². The van der Waals surface area contributed by atoms with Gasteiger partial charge in [0.25, 0.3) is 0 Å². The molecule has 6 nitrogen and oxygen atoms in total. The topological polar surface area (TPSA) is 63.5 Å². The number of nitrogens with one attached hydrogen (secondary N) is 2. The van der Waals surface area contributed by atoms with Gasteiger partial charge in [-0.25, -0.2) is 4.99 Å². The zero-order chi connectivity index (χ0) is 17.2. The molecule has 1 heterocycles. The van der Waals surface area contributed by atoms with E-state index in [1.54, 1.807) is 13.3 Å². The summed E-state index contributed by atoms with van der Waals surface area (Å²) in [5.74, 6) is 1.65. The molecule has 0 spiro atoms. The van der Waals surface area contributed by atoms with Crippen LogP contribution in [0.15, 0.2) is 46.1 Å². The molecular formula is C17H24BrN5O. The Morgan fingerprint density at radius 3 is 2.92 bits per heavy atom. The lowest BCUT2D eigenvalue weighted by Crippen LogP contribution is -2.38. The van der Waals surface area contributed by atoms with Gasteiger partial charge < -0.3 is 15.4 Å². The number of hydrogen-bond acceptors (Lipinski definition) is 3. The number of hydrogen-bond donors (Lipinski definition) is 2. The molecule has 2 aromatic rings. The molecule has 0 aliphatic heterocycles. The minimum Gasteiger partial charge on any atom is -0.496 e. The van der Waals surface area contributed by atoms with Gasteiger partial charge in [-0.1, -0.05) is 6.07 Å². The fraction of sp³-hybridized carbons (Fsp3) is 0.412. The summed E-state index contributed by atoms with van der Waals surface area (Å²) in [5.41, 5.74) is 1.12. The lowest BCUT2D eigenvalue weighted by molar-refractivity contribution is 0.412.